The molecule has 10 atom stereocenters. The van der Waals surface area contributed by atoms with E-state index in [9.17, 15) is 24.0 Å². The van der Waals surface area contributed by atoms with Gasteiger partial charge in [0.05, 0.1) is 16.9 Å². The van der Waals surface area contributed by atoms with Crippen LogP contribution in [0.4, 0.5) is 0 Å². The Morgan fingerprint density at radius 2 is 1.47 bits per heavy atom. The summed E-state index contributed by atoms with van der Waals surface area (Å²) in [4.78, 5) is 66.2. The first kappa shape index (κ1) is 42.1. The van der Waals surface area contributed by atoms with Crippen LogP contribution < -0.4 is 5.32 Å². The van der Waals surface area contributed by atoms with Gasteiger partial charge in [-0.15, -0.1) is 0 Å². The molecule has 0 unspecified atom stereocenters. The summed E-state index contributed by atoms with van der Waals surface area (Å²) in [5, 5.41) is 3.52. The second-order valence-corrected chi connectivity index (χ2v) is 23.1. The smallest absolute Gasteiger partial charge is 0.310 e. The maximum Gasteiger partial charge on any atom is 0.310 e. The molecule has 0 saturated heterocycles. The number of amides is 1. The summed E-state index contributed by atoms with van der Waals surface area (Å²) in [5.74, 6) is 0.790. The molecular formula is C47H73NO7. The standard InChI is InChI=1S/C47H73NO7/c1-27(2)36-30(50)24-47(48-39(53)41(6,7)25-33(51)40(3,4)5)22-21-45(13)28(37(36)47)15-16-32-44(12)19-18-34(43(10,11)31(44)17-20-46(32,45)14)55-38(52)29-23-35(54-26-49)42(29,8)9/h26-29,31-32,34-35H,15-25H2,1-14H3,(H,48,53)/t28-,29-,31+,32-,34+,35-,44+,45-,46-,47-/m1/s1. The van der Waals surface area contributed by atoms with Crippen LogP contribution in [0.2, 0.25) is 0 Å². The molecule has 0 aromatic heterocycles. The van der Waals surface area contributed by atoms with Crippen LogP contribution >= 0.6 is 0 Å². The minimum absolute atomic E-state index is 0.0274. The molecule has 0 bridgehead atoms. The van der Waals surface area contributed by atoms with Crippen LogP contribution in [0.25, 0.3) is 0 Å². The van der Waals surface area contributed by atoms with E-state index in [4.69, 9.17) is 9.47 Å². The highest BCUT2D eigenvalue weighted by atomic mass is 16.6. The molecule has 0 spiro atoms. The van der Waals surface area contributed by atoms with E-state index in [2.05, 4.69) is 53.8 Å². The largest absolute Gasteiger partial charge is 0.464 e. The van der Waals surface area contributed by atoms with Gasteiger partial charge in [-0.05, 0) is 109 Å². The lowest BCUT2D eigenvalue weighted by molar-refractivity contribution is -0.236. The highest BCUT2D eigenvalue weighted by Crippen LogP contribution is 2.76. The first-order valence-corrected chi connectivity index (χ1v) is 21.6. The predicted octanol–water partition coefficient (Wildman–Crippen LogP) is 9.37. The van der Waals surface area contributed by atoms with Crippen LogP contribution in [0.15, 0.2) is 11.1 Å². The average Bonchev–Trinajstić information content (AvgIpc) is 3.35. The summed E-state index contributed by atoms with van der Waals surface area (Å²) in [5.41, 5.74) is -0.600. The van der Waals surface area contributed by atoms with Gasteiger partial charge in [0, 0.05) is 29.1 Å². The number of nitrogens with one attached hydrogen (secondary N) is 1. The van der Waals surface area contributed by atoms with Crippen molar-refractivity contribution in [1.29, 1.82) is 0 Å². The van der Waals surface area contributed by atoms with E-state index in [1.54, 1.807) is 0 Å². The molecule has 1 amide bonds. The van der Waals surface area contributed by atoms with E-state index < -0.39 is 21.8 Å². The van der Waals surface area contributed by atoms with Gasteiger partial charge >= 0.3 is 5.97 Å². The maximum atomic E-state index is 14.3. The molecule has 55 heavy (non-hydrogen) atoms. The van der Waals surface area contributed by atoms with Crippen molar-refractivity contribution in [3.05, 3.63) is 11.1 Å². The van der Waals surface area contributed by atoms with Crippen LogP contribution in [-0.2, 0) is 33.4 Å². The molecule has 0 radical (unpaired) electrons. The van der Waals surface area contributed by atoms with Gasteiger partial charge in [-0.25, -0.2) is 0 Å². The number of carbonyl (C=O) groups is 5. The fourth-order valence-corrected chi connectivity index (χ4v) is 13.9. The highest BCUT2D eigenvalue weighted by molar-refractivity contribution is 6.02. The average molecular weight is 764 g/mol. The molecule has 0 aromatic carbocycles. The number of ether oxygens (including phenoxy) is 2. The number of hydrogen-bond donors (Lipinski definition) is 1. The number of allylic oxidation sites excluding steroid dienone is 1. The second kappa shape index (κ2) is 13.3. The Morgan fingerprint density at radius 1 is 0.818 bits per heavy atom. The topological polar surface area (TPSA) is 116 Å². The van der Waals surface area contributed by atoms with Crippen molar-refractivity contribution in [2.75, 3.05) is 0 Å². The van der Waals surface area contributed by atoms with Gasteiger partial charge < -0.3 is 14.8 Å². The lowest BCUT2D eigenvalue weighted by Crippen LogP contribution is -2.67. The number of hydrogen-bond acceptors (Lipinski definition) is 7. The molecular weight excluding hydrogens is 691 g/mol. The number of rotatable bonds is 9. The molecule has 6 aliphatic rings. The summed E-state index contributed by atoms with van der Waals surface area (Å²) in [6.07, 6.45) is 8.26. The molecule has 8 nitrogen and oxygen atoms in total. The second-order valence-electron chi connectivity index (χ2n) is 23.1. The fraction of sp³-hybridized carbons (Fsp3) is 0.851. The molecule has 8 heteroatoms. The van der Waals surface area contributed by atoms with Crippen LogP contribution in [-0.4, -0.2) is 47.7 Å². The fourth-order valence-electron chi connectivity index (χ4n) is 13.9. The Morgan fingerprint density at radius 3 is 2.05 bits per heavy atom. The van der Waals surface area contributed by atoms with Crippen LogP contribution in [0, 0.1) is 67.5 Å². The van der Waals surface area contributed by atoms with Crippen molar-refractivity contribution >= 4 is 29.9 Å². The molecule has 6 aliphatic carbocycles. The number of fused-ring (bicyclic) bond motifs is 7. The van der Waals surface area contributed by atoms with Gasteiger partial charge in [0.2, 0.25) is 5.91 Å². The van der Waals surface area contributed by atoms with Crippen molar-refractivity contribution in [3.63, 3.8) is 0 Å². The predicted molar refractivity (Wildman–Crippen MR) is 213 cm³/mol. The minimum atomic E-state index is -0.896. The van der Waals surface area contributed by atoms with E-state index >= 15 is 0 Å². The molecule has 5 fully saturated rings. The maximum absolute atomic E-state index is 14.3. The van der Waals surface area contributed by atoms with E-state index in [-0.39, 0.29) is 81.5 Å². The molecule has 1 N–H and O–H groups in total. The zero-order chi connectivity index (χ0) is 41.1. The van der Waals surface area contributed by atoms with Gasteiger partial charge in [-0.3, -0.25) is 24.0 Å². The van der Waals surface area contributed by atoms with E-state index in [0.717, 1.165) is 56.9 Å². The lowest BCUT2D eigenvalue weighted by atomic mass is 9.33. The number of carbonyl (C=O) groups excluding carboxylic acids is 5. The normalized spacial score (nSPS) is 40.5. The summed E-state index contributed by atoms with van der Waals surface area (Å²) < 4.78 is 11.7. The lowest BCUT2D eigenvalue weighted by Gasteiger charge is -2.72. The zero-order valence-electron chi connectivity index (χ0n) is 36.8. The summed E-state index contributed by atoms with van der Waals surface area (Å²) in [6, 6.07) is 0. The Labute approximate surface area is 331 Å². The van der Waals surface area contributed by atoms with Crippen molar-refractivity contribution in [2.24, 2.45) is 67.5 Å². The van der Waals surface area contributed by atoms with Crippen LogP contribution in [0.3, 0.4) is 0 Å². The van der Waals surface area contributed by atoms with Crippen molar-refractivity contribution in [1.82, 2.24) is 5.32 Å². The van der Waals surface area contributed by atoms with Crippen LogP contribution in [0.5, 0.6) is 0 Å². The molecule has 308 valence electrons. The number of ketones is 2. The van der Waals surface area contributed by atoms with Crippen molar-refractivity contribution < 1.29 is 33.4 Å². The number of esters is 1. The van der Waals surface area contributed by atoms with E-state index in [0.29, 0.717) is 31.1 Å². The quantitative estimate of drug-likeness (QED) is 0.184. The third kappa shape index (κ3) is 6.21. The molecule has 0 aliphatic heterocycles. The van der Waals surface area contributed by atoms with E-state index in [1.807, 2.05) is 48.5 Å². The number of Topliss-reactive ketones (excluding diaryl/α,β-unsaturated/α-hetero) is 2. The molecule has 6 rings (SSSR count). The van der Waals surface area contributed by atoms with Crippen LogP contribution in [0.1, 0.15) is 168 Å². The first-order chi connectivity index (χ1) is 25.1. The Kier molecular flexibility index (Phi) is 10.2. The van der Waals surface area contributed by atoms with Crippen molar-refractivity contribution in [3.8, 4) is 0 Å². The third-order valence-corrected chi connectivity index (χ3v) is 17.7. The third-order valence-electron chi connectivity index (χ3n) is 17.7. The zero-order valence-corrected chi connectivity index (χ0v) is 36.8. The van der Waals surface area contributed by atoms with Gasteiger partial charge in [0.25, 0.3) is 6.47 Å². The SMILES string of the molecule is CC(C)C1=C2[C@H]3CC[C@@H]4[C@@]5(C)CC[C@H](OC(=O)[C@H]6C[C@@H](OC=O)C6(C)C)C(C)(C)[C@@H]5CC[C@@]4(C)[C@]3(C)CC[C@@]2(NC(=O)C(C)(C)CC(=O)C(C)(C)C)CC1=O. The summed E-state index contributed by atoms with van der Waals surface area (Å²) >= 11 is 0. The minimum Gasteiger partial charge on any atom is -0.464 e. The van der Waals surface area contributed by atoms with Gasteiger partial charge in [-0.2, -0.15) is 0 Å². The monoisotopic (exact) mass is 764 g/mol. The molecule has 0 heterocycles. The highest BCUT2D eigenvalue weighted by Gasteiger charge is 2.70. The van der Waals surface area contributed by atoms with Crippen molar-refractivity contribution in [2.45, 2.75) is 185 Å². The Balaban J connectivity index is 1.27. The Bertz CT molecular complexity index is 1660. The molecule has 5 saturated carbocycles. The first-order valence-electron chi connectivity index (χ1n) is 21.6. The summed E-state index contributed by atoms with van der Waals surface area (Å²) in [7, 11) is 0. The van der Waals surface area contributed by atoms with E-state index in [1.165, 1.54) is 5.57 Å². The summed E-state index contributed by atoms with van der Waals surface area (Å²) in [6.45, 7) is 30.4. The Hall–Kier alpha value is -2.51. The van der Waals surface area contributed by atoms with Gasteiger partial charge in [0.15, 0.2) is 5.78 Å². The van der Waals surface area contributed by atoms with Gasteiger partial charge in [-0.1, -0.05) is 96.9 Å². The van der Waals surface area contributed by atoms with Gasteiger partial charge in [0.1, 0.15) is 18.0 Å². The molecule has 0 aromatic rings.